The van der Waals surface area contributed by atoms with Crippen molar-refractivity contribution >= 4 is 0 Å². The van der Waals surface area contributed by atoms with Crippen molar-refractivity contribution in [1.29, 1.82) is 0 Å². The standard InChI is InChI=1S/C12H18/c1-7-11(6)12(10(4)5)8-9(2)3/h8H,2,4,6-7H2,1,3,5H3/b12-8+. The molecule has 66 valence electrons. The van der Waals surface area contributed by atoms with Crippen LogP contribution < -0.4 is 0 Å². The van der Waals surface area contributed by atoms with Gasteiger partial charge >= 0.3 is 0 Å². The Labute approximate surface area is 76.0 Å². The van der Waals surface area contributed by atoms with Gasteiger partial charge in [-0.05, 0) is 31.4 Å². The van der Waals surface area contributed by atoms with Crippen LogP contribution in [0.15, 0.2) is 48.1 Å². The molecule has 0 rings (SSSR count). The number of hydrogen-bond donors (Lipinski definition) is 0. The minimum Gasteiger partial charge on any atom is -0.0961 e. The molecular formula is C12H18. The topological polar surface area (TPSA) is 0 Å². The molecule has 0 spiro atoms. The van der Waals surface area contributed by atoms with E-state index >= 15 is 0 Å². The van der Waals surface area contributed by atoms with Gasteiger partial charge in [0, 0.05) is 0 Å². The van der Waals surface area contributed by atoms with Crippen molar-refractivity contribution in [3.63, 3.8) is 0 Å². The van der Waals surface area contributed by atoms with Gasteiger partial charge in [-0.2, -0.15) is 0 Å². The molecule has 0 heterocycles. The van der Waals surface area contributed by atoms with Crippen molar-refractivity contribution in [2.75, 3.05) is 0 Å². The van der Waals surface area contributed by atoms with Crippen molar-refractivity contribution in [2.45, 2.75) is 27.2 Å². The lowest BCUT2D eigenvalue weighted by Gasteiger charge is -2.08. The fraction of sp³-hybridized carbons (Fsp3) is 0.333. The molecule has 0 fully saturated rings. The smallest absolute Gasteiger partial charge is 0.0205 e. The molecular weight excluding hydrogens is 144 g/mol. The fourth-order valence-electron chi connectivity index (χ4n) is 0.964. The summed E-state index contributed by atoms with van der Waals surface area (Å²) in [6, 6.07) is 0. The largest absolute Gasteiger partial charge is 0.0961 e. The van der Waals surface area contributed by atoms with Crippen LogP contribution in [0.3, 0.4) is 0 Å². The minimum atomic E-state index is 0.964. The van der Waals surface area contributed by atoms with Gasteiger partial charge in [0.2, 0.25) is 0 Å². The maximum Gasteiger partial charge on any atom is -0.0205 e. The van der Waals surface area contributed by atoms with E-state index in [1.54, 1.807) is 0 Å². The predicted molar refractivity (Wildman–Crippen MR) is 57.1 cm³/mol. The van der Waals surface area contributed by atoms with Gasteiger partial charge in [0.05, 0.1) is 0 Å². The second-order valence-electron chi connectivity index (χ2n) is 3.14. The summed E-state index contributed by atoms with van der Waals surface area (Å²) in [7, 11) is 0. The molecule has 0 aliphatic carbocycles. The van der Waals surface area contributed by atoms with E-state index in [0.29, 0.717) is 0 Å². The van der Waals surface area contributed by atoms with Crippen LogP contribution in [0.25, 0.3) is 0 Å². The highest BCUT2D eigenvalue weighted by atomic mass is 14.1. The molecule has 0 radical (unpaired) electrons. The Bertz CT molecular complexity index is 239. The second-order valence-corrected chi connectivity index (χ2v) is 3.14. The number of hydrogen-bond acceptors (Lipinski definition) is 0. The zero-order valence-corrected chi connectivity index (χ0v) is 8.41. The molecule has 0 aromatic rings. The Morgan fingerprint density at radius 3 is 1.92 bits per heavy atom. The van der Waals surface area contributed by atoms with E-state index in [-0.39, 0.29) is 0 Å². The van der Waals surface area contributed by atoms with Crippen molar-refractivity contribution < 1.29 is 0 Å². The van der Waals surface area contributed by atoms with E-state index in [4.69, 9.17) is 0 Å². The Balaban J connectivity index is 4.79. The van der Waals surface area contributed by atoms with Gasteiger partial charge in [-0.25, -0.2) is 0 Å². The van der Waals surface area contributed by atoms with Gasteiger partial charge in [-0.3, -0.25) is 0 Å². The molecule has 0 N–H and O–H groups in total. The van der Waals surface area contributed by atoms with Gasteiger partial charge in [0.15, 0.2) is 0 Å². The van der Waals surface area contributed by atoms with E-state index in [2.05, 4.69) is 26.7 Å². The molecule has 0 atom stereocenters. The summed E-state index contributed by atoms with van der Waals surface area (Å²) in [5, 5.41) is 0. The molecule has 0 aromatic carbocycles. The van der Waals surface area contributed by atoms with Gasteiger partial charge in [-0.1, -0.05) is 43.9 Å². The maximum atomic E-state index is 3.98. The third-order valence-corrected chi connectivity index (χ3v) is 1.66. The average molecular weight is 162 g/mol. The highest BCUT2D eigenvalue weighted by Crippen LogP contribution is 2.20. The van der Waals surface area contributed by atoms with E-state index < -0.39 is 0 Å². The Hall–Kier alpha value is -1.04. The summed E-state index contributed by atoms with van der Waals surface area (Å²) >= 11 is 0. The van der Waals surface area contributed by atoms with Crippen molar-refractivity contribution in [3.8, 4) is 0 Å². The molecule has 0 saturated heterocycles. The molecule has 12 heavy (non-hydrogen) atoms. The summed E-state index contributed by atoms with van der Waals surface area (Å²) in [6.45, 7) is 17.8. The molecule has 0 aliphatic rings. The van der Waals surface area contributed by atoms with Crippen LogP contribution in [0.5, 0.6) is 0 Å². The Kier molecular flexibility index (Phi) is 4.35. The third-order valence-electron chi connectivity index (χ3n) is 1.66. The first-order valence-corrected chi connectivity index (χ1v) is 4.20. The first-order chi connectivity index (χ1) is 5.49. The Morgan fingerprint density at radius 1 is 1.17 bits per heavy atom. The van der Waals surface area contributed by atoms with Crippen LogP contribution in [-0.4, -0.2) is 0 Å². The monoisotopic (exact) mass is 162 g/mol. The quantitative estimate of drug-likeness (QED) is 0.547. The molecule has 0 saturated carbocycles. The van der Waals surface area contributed by atoms with Crippen LogP contribution in [0, 0.1) is 0 Å². The van der Waals surface area contributed by atoms with Crippen LogP contribution >= 0.6 is 0 Å². The van der Waals surface area contributed by atoms with Crippen LogP contribution in [0.2, 0.25) is 0 Å². The van der Waals surface area contributed by atoms with Gasteiger partial charge in [0.1, 0.15) is 0 Å². The molecule has 0 nitrogen and oxygen atoms in total. The number of allylic oxidation sites excluding steroid dienone is 5. The first kappa shape index (κ1) is 11.0. The first-order valence-electron chi connectivity index (χ1n) is 4.20. The van der Waals surface area contributed by atoms with Crippen molar-refractivity contribution in [2.24, 2.45) is 0 Å². The molecule has 0 unspecified atom stereocenters. The minimum absolute atomic E-state index is 0.964. The van der Waals surface area contributed by atoms with E-state index in [0.717, 1.165) is 28.7 Å². The average Bonchev–Trinajstić information content (AvgIpc) is 1.98. The van der Waals surface area contributed by atoms with Gasteiger partial charge < -0.3 is 0 Å². The fourth-order valence-corrected chi connectivity index (χ4v) is 0.964. The normalized spacial score (nSPS) is 11.1. The summed E-state index contributed by atoms with van der Waals surface area (Å²) in [5.41, 5.74) is 4.38. The molecule has 0 bridgehead atoms. The van der Waals surface area contributed by atoms with Crippen LogP contribution in [0.1, 0.15) is 27.2 Å². The van der Waals surface area contributed by atoms with Crippen LogP contribution in [-0.2, 0) is 0 Å². The van der Waals surface area contributed by atoms with E-state index in [1.807, 2.05) is 19.9 Å². The molecule has 0 aliphatic heterocycles. The lowest BCUT2D eigenvalue weighted by atomic mass is 9.98. The molecule has 0 heteroatoms. The molecule has 0 aromatic heterocycles. The third kappa shape index (κ3) is 3.38. The van der Waals surface area contributed by atoms with Crippen LogP contribution in [0.4, 0.5) is 0 Å². The van der Waals surface area contributed by atoms with Crippen molar-refractivity contribution in [1.82, 2.24) is 0 Å². The summed E-state index contributed by atoms with van der Waals surface area (Å²) < 4.78 is 0. The zero-order valence-electron chi connectivity index (χ0n) is 8.41. The van der Waals surface area contributed by atoms with E-state index in [1.165, 1.54) is 0 Å². The lowest BCUT2D eigenvalue weighted by Crippen LogP contribution is -1.88. The van der Waals surface area contributed by atoms with Crippen molar-refractivity contribution in [3.05, 3.63) is 48.1 Å². The summed E-state index contributed by atoms with van der Waals surface area (Å²) in [6.07, 6.45) is 3.00. The van der Waals surface area contributed by atoms with Gasteiger partial charge in [0.25, 0.3) is 0 Å². The Morgan fingerprint density at radius 2 is 1.67 bits per heavy atom. The van der Waals surface area contributed by atoms with E-state index in [9.17, 15) is 0 Å². The SMILES string of the molecule is C=C(C)/C=C(\C(=C)C)C(=C)CC. The highest BCUT2D eigenvalue weighted by molar-refractivity contribution is 5.46. The summed E-state index contributed by atoms with van der Waals surface area (Å²) in [5.74, 6) is 0. The second kappa shape index (κ2) is 4.76. The summed E-state index contributed by atoms with van der Waals surface area (Å²) in [4.78, 5) is 0. The zero-order chi connectivity index (χ0) is 9.72. The highest BCUT2D eigenvalue weighted by Gasteiger charge is 2.00. The maximum absolute atomic E-state index is 3.98. The number of rotatable bonds is 4. The van der Waals surface area contributed by atoms with Gasteiger partial charge in [-0.15, -0.1) is 0 Å². The lowest BCUT2D eigenvalue weighted by molar-refractivity contribution is 1.11. The predicted octanol–water partition coefficient (Wildman–Crippen LogP) is 4.03. The molecule has 0 amide bonds.